The van der Waals surface area contributed by atoms with Crippen LogP contribution in [0.3, 0.4) is 0 Å². The molecule has 4 rings (SSSR count). The normalized spacial score (nSPS) is 10.5. The highest BCUT2D eigenvalue weighted by Gasteiger charge is 2.09. The molecule has 2 aromatic heterocycles. The van der Waals surface area contributed by atoms with Crippen molar-refractivity contribution >= 4 is 16.7 Å². The Kier molecular flexibility index (Phi) is 3.41. The highest BCUT2D eigenvalue weighted by atomic mass is 15.4. The van der Waals surface area contributed by atoms with Gasteiger partial charge in [-0.05, 0) is 29.8 Å². The smallest absolute Gasteiger partial charge is 0.148 e. The Morgan fingerprint density at radius 1 is 1.08 bits per heavy atom. The van der Waals surface area contributed by atoms with E-state index in [4.69, 9.17) is 0 Å². The quantitative estimate of drug-likeness (QED) is 0.627. The largest absolute Gasteiger partial charge is 0.291 e. The summed E-state index contributed by atoms with van der Waals surface area (Å²) in [5, 5.41) is 9.31. The molecule has 0 bridgehead atoms. The second-order valence-corrected chi connectivity index (χ2v) is 5.24. The Balaban J connectivity index is 1.76. The molecule has 0 saturated heterocycles. The number of hydrogen-bond donors (Lipinski definition) is 1. The standard InChI is InChI=1S/C19H12N5/c20-11-18-16(14-6-2-1-3-7-14)10-15(12-21-18)23-24-13-22-17-8-4-5-9-19(17)24/h2-10,12-13,23H. The molecule has 0 atom stereocenters. The number of nitrogens with one attached hydrogen (secondary N) is 1. The molecular weight excluding hydrogens is 298 g/mol. The zero-order chi connectivity index (χ0) is 16.4. The molecule has 0 unspecified atom stereocenters. The van der Waals surface area contributed by atoms with E-state index in [1.54, 1.807) is 12.5 Å². The van der Waals surface area contributed by atoms with Crippen LogP contribution in [0.5, 0.6) is 0 Å². The molecule has 2 heterocycles. The predicted molar refractivity (Wildman–Crippen MR) is 92.0 cm³/mol. The minimum Gasteiger partial charge on any atom is -0.291 e. The summed E-state index contributed by atoms with van der Waals surface area (Å²) in [7, 11) is 0. The van der Waals surface area contributed by atoms with Gasteiger partial charge in [0.05, 0.1) is 22.9 Å². The van der Waals surface area contributed by atoms with E-state index >= 15 is 0 Å². The number of hydrogen-bond acceptors (Lipinski definition) is 4. The third kappa shape index (κ3) is 2.46. The molecule has 0 aliphatic carbocycles. The van der Waals surface area contributed by atoms with Crippen LogP contribution in [0, 0.1) is 17.4 Å². The fourth-order valence-corrected chi connectivity index (χ4v) is 2.59. The van der Waals surface area contributed by atoms with Crippen molar-refractivity contribution in [2.45, 2.75) is 0 Å². The molecule has 0 spiro atoms. The third-order valence-corrected chi connectivity index (χ3v) is 3.73. The number of fused-ring (bicyclic) bond motifs is 1. The second kappa shape index (κ2) is 5.86. The number of nitriles is 1. The van der Waals surface area contributed by atoms with E-state index in [2.05, 4.69) is 27.5 Å². The lowest BCUT2D eigenvalue weighted by Gasteiger charge is -2.11. The Morgan fingerprint density at radius 2 is 1.92 bits per heavy atom. The van der Waals surface area contributed by atoms with Gasteiger partial charge in [0.1, 0.15) is 18.1 Å². The van der Waals surface area contributed by atoms with Crippen LogP contribution in [0.4, 0.5) is 5.69 Å². The zero-order valence-electron chi connectivity index (χ0n) is 12.6. The lowest BCUT2D eigenvalue weighted by Crippen LogP contribution is -2.08. The summed E-state index contributed by atoms with van der Waals surface area (Å²) in [4.78, 5) is 8.62. The Morgan fingerprint density at radius 3 is 2.75 bits per heavy atom. The monoisotopic (exact) mass is 310 g/mol. The highest BCUT2D eigenvalue weighted by molar-refractivity contribution is 5.76. The van der Waals surface area contributed by atoms with Gasteiger partial charge in [-0.1, -0.05) is 36.4 Å². The van der Waals surface area contributed by atoms with Crippen molar-refractivity contribution in [3.05, 3.63) is 78.9 Å². The summed E-state index contributed by atoms with van der Waals surface area (Å²) >= 11 is 0. The van der Waals surface area contributed by atoms with E-state index in [0.717, 1.165) is 27.8 Å². The van der Waals surface area contributed by atoms with E-state index in [1.165, 1.54) is 0 Å². The van der Waals surface area contributed by atoms with Crippen molar-refractivity contribution in [1.82, 2.24) is 14.6 Å². The summed E-state index contributed by atoms with van der Waals surface area (Å²) in [6.45, 7) is 0. The van der Waals surface area contributed by atoms with Gasteiger partial charge in [0.15, 0.2) is 0 Å². The number of para-hydroxylation sites is 2. The average molecular weight is 310 g/mol. The topological polar surface area (TPSA) is 66.5 Å². The SMILES string of the molecule is N#Cc1ncc(Nn2cnc3ccccc32)cc1-c1cc[c]cc1. The maximum Gasteiger partial charge on any atom is 0.148 e. The van der Waals surface area contributed by atoms with E-state index in [-0.39, 0.29) is 0 Å². The summed E-state index contributed by atoms with van der Waals surface area (Å²) in [5.74, 6) is 0. The van der Waals surface area contributed by atoms with Crippen LogP contribution in [0.2, 0.25) is 0 Å². The van der Waals surface area contributed by atoms with Crippen molar-refractivity contribution in [2.24, 2.45) is 0 Å². The molecule has 5 heteroatoms. The van der Waals surface area contributed by atoms with Gasteiger partial charge < -0.3 is 0 Å². The maximum absolute atomic E-state index is 9.31. The van der Waals surface area contributed by atoms with Gasteiger partial charge in [-0.3, -0.25) is 5.43 Å². The molecule has 1 N–H and O–H groups in total. The Bertz CT molecular complexity index is 1040. The summed E-state index contributed by atoms with van der Waals surface area (Å²) in [6, 6.07) is 22.4. The van der Waals surface area contributed by atoms with Crippen LogP contribution >= 0.6 is 0 Å². The van der Waals surface area contributed by atoms with Gasteiger partial charge >= 0.3 is 0 Å². The van der Waals surface area contributed by atoms with Crippen LogP contribution in [-0.4, -0.2) is 14.6 Å². The molecule has 0 fully saturated rings. The molecular formula is C19H12N5. The maximum atomic E-state index is 9.31. The predicted octanol–water partition coefficient (Wildman–Crippen LogP) is 3.65. The van der Waals surface area contributed by atoms with E-state index in [9.17, 15) is 5.26 Å². The molecule has 4 aromatic rings. The van der Waals surface area contributed by atoms with E-state index < -0.39 is 0 Å². The van der Waals surface area contributed by atoms with Gasteiger partial charge in [0, 0.05) is 5.56 Å². The van der Waals surface area contributed by atoms with Crippen LogP contribution in [-0.2, 0) is 0 Å². The summed E-state index contributed by atoms with van der Waals surface area (Å²) in [5.41, 5.74) is 8.02. The first kappa shape index (κ1) is 14.0. The lowest BCUT2D eigenvalue weighted by atomic mass is 10.0. The number of aromatic nitrogens is 3. The Labute approximate surface area is 138 Å². The summed E-state index contributed by atoms with van der Waals surface area (Å²) < 4.78 is 1.83. The van der Waals surface area contributed by atoms with Crippen molar-refractivity contribution in [2.75, 3.05) is 5.43 Å². The minimum absolute atomic E-state index is 0.391. The number of benzene rings is 2. The summed E-state index contributed by atoms with van der Waals surface area (Å²) in [6.07, 6.45) is 3.37. The van der Waals surface area contributed by atoms with Crippen LogP contribution in [0.25, 0.3) is 22.2 Å². The van der Waals surface area contributed by atoms with Crippen LogP contribution < -0.4 is 5.43 Å². The number of anilines is 1. The number of nitrogens with zero attached hydrogens (tertiary/aromatic N) is 4. The molecule has 0 aliphatic heterocycles. The molecule has 5 nitrogen and oxygen atoms in total. The molecule has 0 aliphatic rings. The zero-order valence-corrected chi connectivity index (χ0v) is 12.6. The molecule has 113 valence electrons. The van der Waals surface area contributed by atoms with Crippen molar-refractivity contribution in [1.29, 1.82) is 5.26 Å². The fraction of sp³-hybridized carbons (Fsp3) is 0. The Hall–Kier alpha value is -3.65. The highest BCUT2D eigenvalue weighted by Crippen LogP contribution is 2.25. The fourth-order valence-electron chi connectivity index (χ4n) is 2.59. The van der Waals surface area contributed by atoms with Gasteiger partial charge in [-0.25, -0.2) is 14.6 Å². The first-order chi connectivity index (χ1) is 11.8. The van der Waals surface area contributed by atoms with E-state index in [1.807, 2.05) is 59.3 Å². The van der Waals surface area contributed by atoms with Crippen molar-refractivity contribution in [3.63, 3.8) is 0 Å². The average Bonchev–Trinajstić information content (AvgIpc) is 3.05. The molecule has 2 aromatic carbocycles. The number of pyridine rings is 1. The first-order valence-corrected chi connectivity index (χ1v) is 7.41. The number of imidazole rings is 1. The molecule has 1 radical (unpaired) electrons. The molecule has 0 saturated carbocycles. The van der Waals surface area contributed by atoms with Gasteiger partial charge in [0.25, 0.3) is 0 Å². The first-order valence-electron chi connectivity index (χ1n) is 7.41. The molecule has 24 heavy (non-hydrogen) atoms. The van der Waals surface area contributed by atoms with Crippen molar-refractivity contribution < 1.29 is 0 Å². The van der Waals surface area contributed by atoms with Gasteiger partial charge in [-0.15, -0.1) is 0 Å². The molecule has 0 amide bonds. The number of rotatable bonds is 3. The van der Waals surface area contributed by atoms with Crippen LogP contribution in [0.15, 0.2) is 67.1 Å². The van der Waals surface area contributed by atoms with Crippen molar-refractivity contribution in [3.8, 4) is 17.2 Å². The lowest BCUT2D eigenvalue weighted by molar-refractivity contribution is 0.984. The van der Waals surface area contributed by atoms with Crippen LogP contribution in [0.1, 0.15) is 5.69 Å². The van der Waals surface area contributed by atoms with Gasteiger partial charge in [0.2, 0.25) is 0 Å². The second-order valence-electron chi connectivity index (χ2n) is 5.24. The van der Waals surface area contributed by atoms with Gasteiger partial charge in [-0.2, -0.15) is 5.26 Å². The minimum atomic E-state index is 0.391. The van der Waals surface area contributed by atoms with E-state index in [0.29, 0.717) is 5.69 Å². The third-order valence-electron chi connectivity index (χ3n) is 3.73.